The molecule has 0 bridgehead atoms. The standard InChI is InChI=1S/C13H18N2O5/c1-3-15(10-6-9(16)5-4-8(10)2)13(20)14-7-11(17)12(18)19/h4-6,11,16-17H,3,7H2,1-2H3,(H,14,20)(H,18,19)/t11-/m0/s1. The Labute approximate surface area is 116 Å². The van der Waals surface area contributed by atoms with Crippen LogP contribution in [0.2, 0.25) is 0 Å². The molecule has 0 saturated carbocycles. The number of phenols is 1. The highest BCUT2D eigenvalue weighted by Gasteiger charge is 2.19. The number of urea groups is 1. The van der Waals surface area contributed by atoms with Crippen molar-refractivity contribution in [2.24, 2.45) is 0 Å². The van der Waals surface area contributed by atoms with Gasteiger partial charge in [-0.2, -0.15) is 0 Å². The number of carboxylic acid groups (broad SMARTS) is 1. The number of benzene rings is 1. The van der Waals surface area contributed by atoms with Crippen molar-refractivity contribution in [1.82, 2.24) is 5.32 Å². The predicted molar refractivity (Wildman–Crippen MR) is 72.9 cm³/mol. The van der Waals surface area contributed by atoms with Crippen molar-refractivity contribution >= 4 is 17.7 Å². The van der Waals surface area contributed by atoms with Crippen LogP contribution in [-0.4, -0.2) is 46.5 Å². The van der Waals surface area contributed by atoms with Crippen LogP contribution in [0.3, 0.4) is 0 Å². The number of carbonyl (C=O) groups is 2. The molecule has 1 rings (SSSR count). The highest BCUT2D eigenvalue weighted by molar-refractivity contribution is 5.93. The van der Waals surface area contributed by atoms with Crippen LogP contribution >= 0.6 is 0 Å². The zero-order valence-corrected chi connectivity index (χ0v) is 11.3. The summed E-state index contributed by atoms with van der Waals surface area (Å²) in [6, 6.07) is 4.10. The number of aliphatic hydroxyl groups excluding tert-OH is 1. The van der Waals surface area contributed by atoms with Gasteiger partial charge in [0, 0.05) is 12.6 Å². The van der Waals surface area contributed by atoms with E-state index in [4.69, 9.17) is 10.2 Å². The Hall–Kier alpha value is -2.28. The average Bonchev–Trinajstić information content (AvgIpc) is 2.40. The van der Waals surface area contributed by atoms with Crippen LogP contribution in [0.15, 0.2) is 18.2 Å². The molecule has 1 aromatic carbocycles. The molecule has 2 amide bonds. The average molecular weight is 282 g/mol. The van der Waals surface area contributed by atoms with E-state index in [-0.39, 0.29) is 12.3 Å². The first-order valence-electron chi connectivity index (χ1n) is 6.12. The minimum atomic E-state index is -1.65. The fourth-order valence-electron chi connectivity index (χ4n) is 1.68. The van der Waals surface area contributed by atoms with Gasteiger partial charge in [-0.15, -0.1) is 0 Å². The van der Waals surface area contributed by atoms with Crippen LogP contribution < -0.4 is 10.2 Å². The number of aliphatic carboxylic acids is 1. The number of aromatic hydroxyl groups is 1. The van der Waals surface area contributed by atoms with E-state index in [9.17, 15) is 14.7 Å². The van der Waals surface area contributed by atoms with Gasteiger partial charge in [0.15, 0.2) is 6.10 Å². The Bertz CT molecular complexity index is 504. The first-order valence-corrected chi connectivity index (χ1v) is 6.12. The molecule has 7 nitrogen and oxygen atoms in total. The maximum absolute atomic E-state index is 12.0. The Morgan fingerprint density at radius 2 is 2.05 bits per heavy atom. The van der Waals surface area contributed by atoms with E-state index in [1.54, 1.807) is 19.9 Å². The number of hydrogen-bond donors (Lipinski definition) is 4. The van der Waals surface area contributed by atoms with Gasteiger partial charge in [0.05, 0.1) is 12.2 Å². The first-order chi connectivity index (χ1) is 9.36. The molecule has 1 atom stereocenters. The number of rotatable bonds is 5. The van der Waals surface area contributed by atoms with Gasteiger partial charge in [0.25, 0.3) is 0 Å². The Balaban J connectivity index is 2.82. The van der Waals surface area contributed by atoms with E-state index in [1.165, 1.54) is 17.0 Å². The summed E-state index contributed by atoms with van der Waals surface area (Å²) in [6.07, 6.45) is -1.65. The monoisotopic (exact) mass is 282 g/mol. The number of nitrogens with one attached hydrogen (secondary N) is 1. The fourth-order valence-corrected chi connectivity index (χ4v) is 1.68. The largest absolute Gasteiger partial charge is 0.508 e. The van der Waals surface area contributed by atoms with E-state index < -0.39 is 18.1 Å². The molecular weight excluding hydrogens is 264 g/mol. The second kappa shape index (κ2) is 6.76. The molecule has 0 heterocycles. The van der Waals surface area contributed by atoms with Crippen LogP contribution in [0.5, 0.6) is 5.75 Å². The van der Waals surface area contributed by atoms with Crippen molar-refractivity contribution in [2.75, 3.05) is 18.0 Å². The molecule has 7 heteroatoms. The molecule has 4 N–H and O–H groups in total. The maximum Gasteiger partial charge on any atom is 0.334 e. The predicted octanol–water partition coefficient (Wildman–Crippen LogP) is 0.682. The molecule has 0 aromatic heterocycles. The third-order valence-corrected chi connectivity index (χ3v) is 2.78. The Morgan fingerprint density at radius 1 is 1.40 bits per heavy atom. The van der Waals surface area contributed by atoms with Crippen LogP contribution in [0, 0.1) is 6.92 Å². The van der Waals surface area contributed by atoms with E-state index >= 15 is 0 Å². The summed E-state index contributed by atoms with van der Waals surface area (Å²) in [5.74, 6) is -1.37. The normalized spacial score (nSPS) is 11.8. The number of aryl methyl sites for hydroxylation is 1. The molecule has 0 unspecified atom stereocenters. The van der Waals surface area contributed by atoms with E-state index in [0.29, 0.717) is 12.2 Å². The number of carboxylic acids is 1. The fraction of sp³-hybridized carbons (Fsp3) is 0.385. The number of hydrogen-bond acceptors (Lipinski definition) is 4. The van der Waals surface area contributed by atoms with Gasteiger partial charge in [-0.1, -0.05) is 6.07 Å². The molecule has 0 spiro atoms. The number of aliphatic hydroxyl groups is 1. The lowest BCUT2D eigenvalue weighted by molar-refractivity contribution is -0.146. The number of phenolic OH excluding ortho intramolecular Hbond substituents is 1. The summed E-state index contributed by atoms with van der Waals surface area (Å²) < 4.78 is 0. The summed E-state index contributed by atoms with van der Waals surface area (Å²) in [7, 11) is 0. The Morgan fingerprint density at radius 3 is 2.60 bits per heavy atom. The molecular formula is C13H18N2O5. The van der Waals surface area contributed by atoms with Crippen LogP contribution in [0.1, 0.15) is 12.5 Å². The van der Waals surface area contributed by atoms with Crippen molar-refractivity contribution in [3.05, 3.63) is 23.8 Å². The number of anilines is 1. The second-order valence-electron chi connectivity index (χ2n) is 4.26. The molecule has 0 saturated heterocycles. The molecule has 0 aliphatic heterocycles. The topological polar surface area (TPSA) is 110 Å². The van der Waals surface area contributed by atoms with Gasteiger partial charge in [0.1, 0.15) is 5.75 Å². The van der Waals surface area contributed by atoms with Gasteiger partial charge in [-0.3, -0.25) is 4.90 Å². The molecule has 110 valence electrons. The van der Waals surface area contributed by atoms with Crippen molar-refractivity contribution in [1.29, 1.82) is 0 Å². The minimum Gasteiger partial charge on any atom is -0.508 e. The summed E-state index contributed by atoms with van der Waals surface area (Å²) in [5, 5.41) is 29.5. The van der Waals surface area contributed by atoms with Gasteiger partial charge < -0.3 is 20.6 Å². The van der Waals surface area contributed by atoms with Crippen LogP contribution in [0.4, 0.5) is 10.5 Å². The van der Waals surface area contributed by atoms with Crippen molar-refractivity contribution in [3.8, 4) is 5.75 Å². The lowest BCUT2D eigenvalue weighted by Crippen LogP contribution is -2.44. The molecule has 1 aromatic rings. The lowest BCUT2D eigenvalue weighted by Gasteiger charge is -2.23. The van der Waals surface area contributed by atoms with Crippen LogP contribution in [-0.2, 0) is 4.79 Å². The quantitative estimate of drug-likeness (QED) is 0.635. The summed E-state index contributed by atoms with van der Waals surface area (Å²) >= 11 is 0. The lowest BCUT2D eigenvalue weighted by atomic mass is 10.1. The number of nitrogens with zero attached hydrogens (tertiary/aromatic N) is 1. The van der Waals surface area contributed by atoms with Crippen molar-refractivity contribution < 1.29 is 24.9 Å². The van der Waals surface area contributed by atoms with Crippen LogP contribution in [0.25, 0.3) is 0 Å². The number of amides is 2. The van der Waals surface area contributed by atoms with E-state index in [0.717, 1.165) is 5.56 Å². The third-order valence-electron chi connectivity index (χ3n) is 2.78. The molecule has 0 aliphatic carbocycles. The zero-order chi connectivity index (χ0) is 15.3. The van der Waals surface area contributed by atoms with Gasteiger partial charge in [-0.05, 0) is 25.5 Å². The SMILES string of the molecule is CCN(C(=O)NC[C@H](O)C(=O)O)c1cc(O)ccc1C. The van der Waals surface area contributed by atoms with Crippen molar-refractivity contribution in [2.45, 2.75) is 20.0 Å². The third kappa shape index (κ3) is 3.86. The van der Waals surface area contributed by atoms with Gasteiger partial charge >= 0.3 is 12.0 Å². The molecule has 20 heavy (non-hydrogen) atoms. The van der Waals surface area contributed by atoms with E-state index in [1.807, 2.05) is 0 Å². The van der Waals surface area contributed by atoms with Gasteiger partial charge in [0.2, 0.25) is 0 Å². The smallest absolute Gasteiger partial charge is 0.334 e. The first kappa shape index (κ1) is 15.8. The summed E-state index contributed by atoms with van der Waals surface area (Å²) in [5.41, 5.74) is 1.31. The zero-order valence-electron chi connectivity index (χ0n) is 11.3. The Kier molecular flexibility index (Phi) is 5.33. The molecule has 0 radical (unpaired) electrons. The summed E-state index contributed by atoms with van der Waals surface area (Å²) in [4.78, 5) is 23.8. The van der Waals surface area contributed by atoms with Gasteiger partial charge in [-0.25, -0.2) is 9.59 Å². The highest BCUT2D eigenvalue weighted by atomic mass is 16.4. The molecule has 0 aliphatic rings. The highest BCUT2D eigenvalue weighted by Crippen LogP contribution is 2.24. The number of carbonyl (C=O) groups excluding carboxylic acids is 1. The van der Waals surface area contributed by atoms with E-state index in [2.05, 4.69) is 5.32 Å². The minimum absolute atomic E-state index is 0.0300. The second-order valence-corrected chi connectivity index (χ2v) is 4.26. The molecule has 0 fully saturated rings. The van der Waals surface area contributed by atoms with Crippen molar-refractivity contribution in [3.63, 3.8) is 0 Å². The summed E-state index contributed by atoms with van der Waals surface area (Å²) in [6.45, 7) is 3.48. The maximum atomic E-state index is 12.0.